The quantitative estimate of drug-likeness (QED) is 0.731. The predicted octanol–water partition coefficient (Wildman–Crippen LogP) is 3.17. The molecule has 1 amide bonds. The third-order valence-electron chi connectivity index (χ3n) is 3.29. The minimum Gasteiger partial charge on any atom is -0.492 e. The highest BCUT2D eigenvalue weighted by Gasteiger charge is 2.19. The summed E-state index contributed by atoms with van der Waals surface area (Å²) in [5.74, 6) is -0.757. The molecule has 0 saturated carbocycles. The maximum Gasteiger partial charge on any atom is 0.344 e. The van der Waals surface area contributed by atoms with Crippen LogP contribution in [0.25, 0.3) is 0 Å². The first-order chi connectivity index (χ1) is 12.5. The van der Waals surface area contributed by atoms with Gasteiger partial charge in [-0.25, -0.2) is 9.18 Å². The number of halogens is 1. The minimum absolute atomic E-state index is 0.325. The Kier molecular flexibility index (Phi) is 6.96. The van der Waals surface area contributed by atoms with E-state index in [1.165, 1.54) is 31.2 Å². The molecule has 6 nitrogen and oxygen atoms in total. The number of para-hydroxylation sites is 2. The van der Waals surface area contributed by atoms with Crippen molar-refractivity contribution in [3.8, 4) is 11.5 Å². The molecule has 1 atom stereocenters. The van der Waals surface area contributed by atoms with E-state index in [1.54, 1.807) is 24.3 Å². The Morgan fingerprint density at radius 3 is 2.46 bits per heavy atom. The molecule has 0 aromatic heterocycles. The SMILES string of the molecule is CCOc1ccccc1NC(=O)[C@H](C)OC(=O)COc1ccc(F)cc1. The summed E-state index contributed by atoms with van der Waals surface area (Å²) in [6, 6.07) is 12.2. The number of nitrogens with one attached hydrogen (secondary N) is 1. The summed E-state index contributed by atoms with van der Waals surface area (Å²) in [7, 11) is 0. The number of benzene rings is 2. The summed E-state index contributed by atoms with van der Waals surface area (Å²) in [6.45, 7) is 3.36. The molecule has 1 N–H and O–H groups in total. The van der Waals surface area contributed by atoms with Gasteiger partial charge in [-0.3, -0.25) is 4.79 Å². The summed E-state index contributed by atoms with van der Waals surface area (Å²) < 4.78 is 28.4. The first-order valence-electron chi connectivity index (χ1n) is 8.10. The van der Waals surface area contributed by atoms with Crippen LogP contribution in [0.4, 0.5) is 10.1 Å². The lowest BCUT2D eigenvalue weighted by atomic mass is 10.2. The Bertz CT molecular complexity index is 748. The van der Waals surface area contributed by atoms with Crippen molar-refractivity contribution in [2.24, 2.45) is 0 Å². The molecule has 0 heterocycles. The molecule has 0 aliphatic heterocycles. The fraction of sp³-hybridized carbons (Fsp3) is 0.263. The Morgan fingerprint density at radius 1 is 1.08 bits per heavy atom. The van der Waals surface area contributed by atoms with E-state index in [2.05, 4.69) is 5.32 Å². The highest BCUT2D eigenvalue weighted by Crippen LogP contribution is 2.23. The van der Waals surface area contributed by atoms with E-state index in [9.17, 15) is 14.0 Å². The Morgan fingerprint density at radius 2 is 1.77 bits per heavy atom. The van der Waals surface area contributed by atoms with E-state index in [1.807, 2.05) is 6.92 Å². The fourth-order valence-electron chi connectivity index (χ4n) is 2.04. The smallest absolute Gasteiger partial charge is 0.344 e. The summed E-state index contributed by atoms with van der Waals surface area (Å²) in [5, 5.41) is 2.66. The van der Waals surface area contributed by atoms with Gasteiger partial charge in [0.25, 0.3) is 5.91 Å². The second-order valence-corrected chi connectivity index (χ2v) is 5.29. The molecule has 0 aliphatic carbocycles. The molecule has 2 rings (SSSR count). The molecule has 0 spiro atoms. The van der Waals surface area contributed by atoms with Gasteiger partial charge in [0.1, 0.15) is 17.3 Å². The fourth-order valence-corrected chi connectivity index (χ4v) is 2.04. The molecule has 0 radical (unpaired) electrons. The first kappa shape index (κ1) is 19.2. The average molecular weight is 361 g/mol. The van der Waals surface area contributed by atoms with Crippen molar-refractivity contribution in [1.82, 2.24) is 0 Å². The predicted molar refractivity (Wildman–Crippen MR) is 93.7 cm³/mol. The van der Waals surface area contributed by atoms with Crippen molar-refractivity contribution in [2.45, 2.75) is 20.0 Å². The molecule has 7 heteroatoms. The van der Waals surface area contributed by atoms with E-state index in [4.69, 9.17) is 14.2 Å². The second-order valence-electron chi connectivity index (χ2n) is 5.29. The van der Waals surface area contributed by atoms with Crippen LogP contribution in [0.3, 0.4) is 0 Å². The first-order valence-corrected chi connectivity index (χ1v) is 8.10. The van der Waals surface area contributed by atoms with Crippen LogP contribution in [0, 0.1) is 5.82 Å². The normalized spacial score (nSPS) is 11.3. The number of carbonyl (C=O) groups is 2. The molecular formula is C19H20FNO5. The number of hydrogen-bond donors (Lipinski definition) is 1. The molecule has 0 aliphatic rings. The number of amides is 1. The van der Waals surface area contributed by atoms with Crippen molar-refractivity contribution in [3.05, 3.63) is 54.3 Å². The highest BCUT2D eigenvalue weighted by molar-refractivity contribution is 5.96. The van der Waals surface area contributed by atoms with Gasteiger partial charge in [-0.2, -0.15) is 0 Å². The molecule has 138 valence electrons. The van der Waals surface area contributed by atoms with Crippen LogP contribution < -0.4 is 14.8 Å². The summed E-state index contributed by atoms with van der Waals surface area (Å²) in [4.78, 5) is 24.0. The zero-order valence-corrected chi connectivity index (χ0v) is 14.5. The third kappa shape index (κ3) is 5.77. The number of ether oxygens (including phenoxy) is 3. The van der Waals surface area contributed by atoms with Crippen molar-refractivity contribution < 1.29 is 28.2 Å². The van der Waals surface area contributed by atoms with Gasteiger partial charge in [0.2, 0.25) is 0 Å². The zero-order chi connectivity index (χ0) is 18.9. The maximum atomic E-state index is 12.8. The molecule has 0 fully saturated rings. The second kappa shape index (κ2) is 9.41. The highest BCUT2D eigenvalue weighted by atomic mass is 19.1. The van der Waals surface area contributed by atoms with Gasteiger partial charge in [-0.05, 0) is 50.2 Å². The molecule has 0 saturated heterocycles. The standard InChI is InChI=1S/C19H20FNO5/c1-3-24-17-7-5-4-6-16(17)21-19(23)13(2)26-18(22)12-25-15-10-8-14(20)9-11-15/h4-11,13H,3,12H2,1-2H3,(H,21,23)/t13-/m0/s1. The largest absolute Gasteiger partial charge is 0.492 e. The van der Waals surface area contributed by atoms with Gasteiger partial charge in [-0.15, -0.1) is 0 Å². The molecule has 0 unspecified atom stereocenters. The van der Waals surface area contributed by atoms with Gasteiger partial charge in [0.05, 0.1) is 12.3 Å². The molecule has 0 bridgehead atoms. The lowest BCUT2D eigenvalue weighted by Gasteiger charge is -2.15. The number of anilines is 1. The number of esters is 1. The summed E-state index contributed by atoms with van der Waals surface area (Å²) >= 11 is 0. The van der Waals surface area contributed by atoms with Gasteiger partial charge >= 0.3 is 5.97 Å². The van der Waals surface area contributed by atoms with Gasteiger partial charge in [-0.1, -0.05) is 12.1 Å². The maximum absolute atomic E-state index is 12.8. The van der Waals surface area contributed by atoms with Crippen LogP contribution in [0.2, 0.25) is 0 Å². The molecular weight excluding hydrogens is 341 g/mol. The summed E-state index contributed by atoms with van der Waals surface area (Å²) in [5.41, 5.74) is 0.491. The van der Waals surface area contributed by atoms with Gasteiger partial charge < -0.3 is 19.5 Å². The Balaban J connectivity index is 1.84. The molecule has 2 aromatic carbocycles. The van der Waals surface area contributed by atoms with Crippen molar-refractivity contribution >= 4 is 17.6 Å². The van der Waals surface area contributed by atoms with Crippen LogP contribution in [-0.4, -0.2) is 31.2 Å². The van der Waals surface area contributed by atoms with Gasteiger partial charge in [0, 0.05) is 0 Å². The van der Waals surface area contributed by atoms with Crippen LogP contribution >= 0.6 is 0 Å². The van der Waals surface area contributed by atoms with Crippen LogP contribution in [0.5, 0.6) is 11.5 Å². The third-order valence-corrected chi connectivity index (χ3v) is 3.29. The van der Waals surface area contributed by atoms with E-state index in [0.717, 1.165) is 0 Å². The lowest BCUT2D eigenvalue weighted by Crippen LogP contribution is -2.31. The van der Waals surface area contributed by atoms with Crippen LogP contribution in [-0.2, 0) is 14.3 Å². The van der Waals surface area contributed by atoms with Gasteiger partial charge in [0.15, 0.2) is 12.7 Å². The van der Waals surface area contributed by atoms with E-state index in [-0.39, 0.29) is 0 Å². The molecule has 2 aromatic rings. The number of carbonyl (C=O) groups excluding carboxylic acids is 2. The lowest BCUT2D eigenvalue weighted by molar-refractivity contribution is -0.155. The molecule has 26 heavy (non-hydrogen) atoms. The van der Waals surface area contributed by atoms with E-state index >= 15 is 0 Å². The van der Waals surface area contributed by atoms with E-state index < -0.39 is 30.4 Å². The van der Waals surface area contributed by atoms with Crippen molar-refractivity contribution in [3.63, 3.8) is 0 Å². The van der Waals surface area contributed by atoms with Crippen LogP contribution in [0.15, 0.2) is 48.5 Å². The number of hydrogen-bond acceptors (Lipinski definition) is 5. The summed E-state index contributed by atoms with van der Waals surface area (Å²) in [6.07, 6.45) is -1.02. The Hall–Kier alpha value is -3.09. The number of rotatable bonds is 8. The van der Waals surface area contributed by atoms with Crippen LogP contribution in [0.1, 0.15) is 13.8 Å². The van der Waals surface area contributed by atoms with E-state index in [0.29, 0.717) is 23.8 Å². The topological polar surface area (TPSA) is 73.9 Å². The van der Waals surface area contributed by atoms with Crippen molar-refractivity contribution in [2.75, 3.05) is 18.5 Å². The van der Waals surface area contributed by atoms with Crippen molar-refractivity contribution in [1.29, 1.82) is 0 Å². The average Bonchev–Trinajstić information content (AvgIpc) is 2.63. The minimum atomic E-state index is -1.02. The monoisotopic (exact) mass is 361 g/mol. The Labute approximate surface area is 150 Å². The zero-order valence-electron chi connectivity index (χ0n) is 14.5.